The van der Waals surface area contributed by atoms with Gasteiger partial charge in [0.15, 0.2) is 0 Å². The van der Waals surface area contributed by atoms with Crippen LogP contribution in [0.4, 0.5) is 5.82 Å². The average Bonchev–Trinajstić information content (AvgIpc) is 2.27. The maximum absolute atomic E-state index is 5.33. The molecule has 0 saturated heterocycles. The molecule has 0 fully saturated rings. The molecule has 1 heterocycles. The van der Waals surface area contributed by atoms with E-state index in [0.717, 1.165) is 12.4 Å². The molecule has 0 aliphatic rings. The van der Waals surface area contributed by atoms with Gasteiger partial charge in [0.05, 0.1) is 6.61 Å². The van der Waals surface area contributed by atoms with E-state index in [0.29, 0.717) is 18.4 Å². The molecule has 0 spiro atoms. The summed E-state index contributed by atoms with van der Waals surface area (Å²) in [6.45, 7) is 7.98. The Kier molecular flexibility index (Phi) is 4.95. The van der Waals surface area contributed by atoms with Crippen LogP contribution in [0.2, 0.25) is 0 Å². The third-order valence-electron chi connectivity index (χ3n) is 2.34. The number of hydrogen-bond donors (Lipinski definition) is 1. The number of rotatable bonds is 6. The van der Waals surface area contributed by atoms with E-state index in [-0.39, 0.29) is 0 Å². The second-order valence-corrected chi connectivity index (χ2v) is 3.69. The van der Waals surface area contributed by atoms with Gasteiger partial charge in [-0.05, 0) is 18.9 Å². The van der Waals surface area contributed by atoms with Gasteiger partial charge >= 0.3 is 0 Å². The summed E-state index contributed by atoms with van der Waals surface area (Å²) in [5, 5.41) is 3.30. The summed E-state index contributed by atoms with van der Waals surface area (Å²) in [6, 6.07) is 5.79. The molecule has 3 nitrogen and oxygen atoms in total. The lowest BCUT2D eigenvalue weighted by Gasteiger charge is -2.11. The minimum atomic E-state index is 0.655. The second-order valence-electron chi connectivity index (χ2n) is 3.69. The van der Waals surface area contributed by atoms with Gasteiger partial charge in [0.1, 0.15) is 5.82 Å². The lowest BCUT2D eigenvalue weighted by molar-refractivity contribution is 0.327. The molecule has 3 heteroatoms. The predicted octanol–water partition coefficient (Wildman–Crippen LogP) is 2.94. The van der Waals surface area contributed by atoms with Crippen LogP contribution in [0.1, 0.15) is 27.2 Å². The normalized spacial score (nSPS) is 12.2. The summed E-state index contributed by atoms with van der Waals surface area (Å²) in [4.78, 5) is 4.34. The summed E-state index contributed by atoms with van der Waals surface area (Å²) in [5.74, 6) is 2.25. The van der Waals surface area contributed by atoms with Crippen LogP contribution in [0.5, 0.6) is 5.88 Å². The second kappa shape index (κ2) is 6.27. The highest BCUT2D eigenvalue weighted by Gasteiger charge is 2.00. The van der Waals surface area contributed by atoms with E-state index in [1.807, 2.05) is 25.1 Å². The third-order valence-corrected chi connectivity index (χ3v) is 2.34. The Labute approximate surface area is 91.9 Å². The Hall–Kier alpha value is -1.25. The molecule has 0 saturated carbocycles. The van der Waals surface area contributed by atoms with Gasteiger partial charge in [0.25, 0.3) is 0 Å². The van der Waals surface area contributed by atoms with E-state index in [1.165, 1.54) is 6.42 Å². The fraction of sp³-hybridized carbons (Fsp3) is 0.583. The quantitative estimate of drug-likeness (QED) is 0.780. The third kappa shape index (κ3) is 4.19. The molecule has 0 radical (unpaired) electrons. The summed E-state index contributed by atoms with van der Waals surface area (Å²) in [6.07, 6.45) is 1.18. The van der Waals surface area contributed by atoms with Crippen molar-refractivity contribution in [1.29, 1.82) is 0 Å². The maximum Gasteiger partial charge on any atom is 0.215 e. The number of ether oxygens (including phenoxy) is 1. The van der Waals surface area contributed by atoms with E-state index in [2.05, 4.69) is 24.1 Å². The zero-order chi connectivity index (χ0) is 11.1. The van der Waals surface area contributed by atoms with Gasteiger partial charge in [-0.15, -0.1) is 0 Å². The molecule has 1 aromatic rings. The molecule has 0 aromatic carbocycles. The van der Waals surface area contributed by atoms with Gasteiger partial charge < -0.3 is 10.1 Å². The minimum absolute atomic E-state index is 0.655. The van der Waals surface area contributed by atoms with Crippen molar-refractivity contribution in [2.75, 3.05) is 18.5 Å². The van der Waals surface area contributed by atoms with Crippen molar-refractivity contribution in [2.45, 2.75) is 27.2 Å². The number of nitrogens with one attached hydrogen (secondary N) is 1. The number of pyridine rings is 1. The molecular weight excluding hydrogens is 188 g/mol. The first kappa shape index (κ1) is 11.8. The van der Waals surface area contributed by atoms with Crippen molar-refractivity contribution in [3.05, 3.63) is 18.2 Å². The van der Waals surface area contributed by atoms with Crippen LogP contribution in [0, 0.1) is 5.92 Å². The van der Waals surface area contributed by atoms with Crippen molar-refractivity contribution in [3.8, 4) is 5.88 Å². The summed E-state index contributed by atoms with van der Waals surface area (Å²) < 4.78 is 5.33. The van der Waals surface area contributed by atoms with E-state index in [9.17, 15) is 0 Å². The largest absolute Gasteiger partial charge is 0.478 e. The standard InChI is InChI=1S/C12H20N2O/c1-4-10(3)9-13-11-7-6-8-12(14-11)15-5-2/h6-8,10H,4-5,9H2,1-3H3,(H,13,14). The Balaban J connectivity index is 2.50. The predicted molar refractivity (Wildman–Crippen MR) is 63.4 cm³/mol. The topological polar surface area (TPSA) is 34.1 Å². The fourth-order valence-corrected chi connectivity index (χ4v) is 1.16. The Morgan fingerprint density at radius 2 is 2.20 bits per heavy atom. The SMILES string of the molecule is CCOc1cccc(NCC(C)CC)n1. The molecule has 0 aliphatic carbocycles. The molecule has 1 atom stereocenters. The van der Waals surface area contributed by atoms with Crippen LogP contribution in [-0.4, -0.2) is 18.1 Å². The molecule has 1 N–H and O–H groups in total. The molecule has 0 amide bonds. The van der Waals surface area contributed by atoms with E-state index < -0.39 is 0 Å². The Morgan fingerprint density at radius 3 is 2.87 bits per heavy atom. The van der Waals surface area contributed by atoms with Crippen LogP contribution >= 0.6 is 0 Å². The van der Waals surface area contributed by atoms with Gasteiger partial charge in [-0.3, -0.25) is 0 Å². The highest BCUT2D eigenvalue weighted by molar-refractivity contribution is 5.36. The first-order chi connectivity index (χ1) is 7.26. The first-order valence-corrected chi connectivity index (χ1v) is 5.60. The molecule has 1 aromatic heterocycles. The highest BCUT2D eigenvalue weighted by Crippen LogP contribution is 2.12. The van der Waals surface area contributed by atoms with Crippen LogP contribution in [0.3, 0.4) is 0 Å². The molecule has 0 bridgehead atoms. The van der Waals surface area contributed by atoms with Crippen LogP contribution < -0.4 is 10.1 Å². The van der Waals surface area contributed by atoms with Crippen molar-refractivity contribution in [3.63, 3.8) is 0 Å². The molecule has 15 heavy (non-hydrogen) atoms. The number of nitrogens with zero attached hydrogens (tertiary/aromatic N) is 1. The molecular formula is C12H20N2O. The lowest BCUT2D eigenvalue weighted by atomic mass is 10.1. The van der Waals surface area contributed by atoms with Crippen molar-refractivity contribution >= 4 is 5.82 Å². The van der Waals surface area contributed by atoms with E-state index in [4.69, 9.17) is 4.74 Å². The first-order valence-electron chi connectivity index (χ1n) is 5.60. The zero-order valence-corrected chi connectivity index (χ0v) is 9.79. The molecule has 0 aliphatic heterocycles. The smallest absolute Gasteiger partial charge is 0.215 e. The molecule has 1 rings (SSSR count). The Bertz CT molecular complexity index is 289. The van der Waals surface area contributed by atoms with Gasteiger partial charge in [-0.1, -0.05) is 26.3 Å². The van der Waals surface area contributed by atoms with E-state index >= 15 is 0 Å². The minimum Gasteiger partial charge on any atom is -0.478 e. The van der Waals surface area contributed by atoms with E-state index in [1.54, 1.807) is 0 Å². The van der Waals surface area contributed by atoms with Crippen LogP contribution in [-0.2, 0) is 0 Å². The fourth-order valence-electron chi connectivity index (χ4n) is 1.16. The summed E-state index contributed by atoms with van der Waals surface area (Å²) >= 11 is 0. The number of anilines is 1. The maximum atomic E-state index is 5.33. The van der Waals surface area contributed by atoms with Gasteiger partial charge in [-0.2, -0.15) is 4.98 Å². The monoisotopic (exact) mass is 208 g/mol. The molecule has 1 unspecified atom stereocenters. The van der Waals surface area contributed by atoms with Crippen molar-refractivity contribution in [1.82, 2.24) is 4.98 Å². The summed E-state index contributed by atoms with van der Waals surface area (Å²) in [5.41, 5.74) is 0. The zero-order valence-electron chi connectivity index (χ0n) is 9.79. The van der Waals surface area contributed by atoms with Gasteiger partial charge in [-0.25, -0.2) is 0 Å². The molecule has 84 valence electrons. The van der Waals surface area contributed by atoms with Crippen molar-refractivity contribution < 1.29 is 4.74 Å². The summed E-state index contributed by atoms with van der Waals surface area (Å²) in [7, 11) is 0. The van der Waals surface area contributed by atoms with Gasteiger partial charge in [0.2, 0.25) is 5.88 Å². The average molecular weight is 208 g/mol. The number of hydrogen-bond acceptors (Lipinski definition) is 3. The van der Waals surface area contributed by atoms with Crippen LogP contribution in [0.25, 0.3) is 0 Å². The van der Waals surface area contributed by atoms with Crippen LogP contribution in [0.15, 0.2) is 18.2 Å². The number of aromatic nitrogens is 1. The van der Waals surface area contributed by atoms with Crippen molar-refractivity contribution in [2.24, 2.45) is 5.92 Å². The van der Waals surface area contributed by atoms with Gasteiger partial charge in [0, 0.05) is 12.6 Å². The Morgan fingerprint density at radius 1 is 1.40 bits per heavy atom. The highest BCUT2D eigenvalue weighted by atomic mass is 16.5. The lowest BCUT2D eigenvalue weighted by Crippen LogP contribution is -2.11.